The first kappa shape index (κ1) is 10.9. The van der Waals surface area contributed by atoms with Gasteiger partial charge in [0.05, 0.1) is 0 Å². The predicted molar refractivity (Wildman–Crippen MR) is 62.9 cm³/mol. The molecular weight excluding hydrogens is 177 g/mol. The smallest absolute Gasteiger partial charge is 0.0211 e. The highest BCUT2D eigenvalue weighted by molar-refractivity contribution is 7.23. The molecule has 1 nitrogen and oxygen atoms in total. The lowest BCUT2D eigenvalue weighted by Gasteiger charge is -2.24. The van der Waals surface area contributed by atoms with Gasteiger partial charge in [0.25, 0.3) is 0 Å². The van der Waals surface area contributed by atoms with Gasteiger partial charge in [0.15, 0.2) is 0 Å². The van der Waals surface area contributed by atoms with Gasteiger partial charge in [0.1, 0.15) is 0 Å². The van der Waals surface area contributed by atoms with Crippen LogP contribution in [-0.2, 0) is 0 Å². The van der Waals surface area contributed by atoms with E-state index >= 15 is 0 Å². The Balaban J connectivity index is 0.000000396. The minimum absolute atomic E-state index is 1.09. The molecule has 1 aliphatic heterocycles. The summed E-state index contributed by atoms with van der Waals surface area (Å²) < 4.78 is 0. The summed E-state index contributed by atoms with van der Waals surface area (Å²) in [5.41, 5.74) is 3.25. The van der Waals surface area contributed by atoms with Crippen molar-refractivity contribution in [2.24, 2.45) is 0 Å². The van der Waals surface area contributed by atoms with Crippen LogP contribution in [-0.4, -0.2) is 13.1 Å². The van der Waals surface area contributed by atoms with Gasteiger partial charge in [-0.1, -0.05) is 25.5 Å². The normalized spacial score (nSPS) is 21.3. The van der Waals surface area contributed by atoms with Crippen molar-refractivity contribution in [1.29, 1.82) is 0 Å². The molecule has 2 heteroatoms. The summed E-state index contributed by atoms with van der Waals surface area (Å²) >= 11 is 0. The minimum Gasteiger partial charge on any atom is -0.312 e. The van der Waals surface area contributed by atoms with Gasteiger partial charge in [0, 0.05) is 6.54 Å². The van der Waals surface area contributed by atoms with E-state index in [1.54, 1.807) is 11.1 Å². The third kappa shape index (κ3) is 2.65. The van der Waals surface area contributed by atoms with Crippen LogP contribution in [0.1, 0.15) is 33.1 Å². The molecule has 1 atom stereocenters. The highest BCUT2D eigenvalue weighted by Crippen LogP contribution is 2.31. The third-order valence-corrected chi connectivity index (χ3v) is 3.08. The van der Waals surface area contributed by atoms with E-state index in [1.165, 1.54) is 31.1 Å². The zero-order valence-corrected chi connectivity index (χ0v) is 9.84. The maximum atomic E-state index is 3.40. The summed E-state index contributed by atoms with van der Waals surface area (Å²) in [7, 11) is 2.84. The van der Waals surface area contributed by atoms with Crippen molar-refractivity contribution in [1.82, 2.24) is 5.32 Å². The first-order valence-electron chi connectivity index (χ1n) is 5.25. The van der Waals surface area contributed by atoms with Crippen LogP contribution in [0.5, 0.6) is 0 Å². The Morgan fingerprint density at radius 3 is 2.77 bits per heavy atom. The molecule has 74 valence electrons. The molecule has 0 radical (unpaired) electrons. The second-order valence-corrected chi connectivity index (χ2v) is 3.83. The first-order valence-corrected chi connectivity index (χ1v) is 5.83. The zero-order chi connectivity index (χ0) is 9.68. The molecule has 1 heterocycles. The van der Waals surface area contributed by atoms with Gasteiger partial charge >= 0.3 is 0 Å². The molecule has 0 saturated carbocycles. The Morgan fingerprint density at radius 1 is 1.31 bits per heavy atom. The van der Waals surface area contributed by atoms with Gasteiger partial charge in [-0.15, -0.1) is 9.24 Å². The lowest BCUT2D eigenvalue weighted by molar-refractivity contribution is 0.655. The van der Waals surface area contributed by atoms with E-state index in [-0.39, 0.29) is 0 Å². The standard InChI is InChI=1S/C9H14NP.C2H6/c11-9-3-1-2-7-4-5-10-6-8(7)9;1-2/h3,10H,1-2,4-6,11H2;1-2H3. The highest BCUT2D eigenvalue weighted by Gasteiger charge is 2.15. The fourth-order valence-electron chi connectivity index (χ4n) is 1.84. The van der Waals surface area contributed by atoms with E-state index in [0.717, 1.165) is 6.54 Å². The average Bonchev–Trinajstić information content (AvgIpc) is 2.22. The van der Waals surface area contributed by atoms with Crippen molar-refractivity contribution >= 4 is 9.24 Å². The Hall–Kier alpha value is -0.130. The molecule has 0 spiro atoms. The van der Waals surface area contributed by atoms with Crippen LogP contribution in [0.25, 0.3) is 0 Å². The third-order valence-electron chi connectivity index (χ3n) is 2.49. The lowest BCUT2D eigenvalue weighted by atomic mass is 9.92. The fourth-order valence-corrected chi connectivity index (χ4v) is 2.31. The molecule has 13 heavy (non-hydrogen) atoms. The average molecular weight is 197 g/mol. The molecule has 0 aromatic rings. The molecule has 0 fully saturated rings. The molecule has 2 rings (SSSR count). The number of hydrogen-bond donors (Lipinski definition) is 1. The van der Waals surface area contributed by atoms with Gasteiger partial charge in [-0.2, -0.15) is 0 Å². The highest BCUT2D eigenvalue weighted by atomic mass is 31.0. The van der Waals surface area contributed by atoms with Crippen LogP contribution < -0.4 is 5.32 Å². The SMILES string of the molecule is CC.PC1=CCCC2=C1CNCC2. The van der Waals surface area contributed by atoms with Crippen LogP contribution in [0.4, 0.5) is 0 Å². The summed E-state index contributed by atoms with van der Waals surface area (Å²) in [6.07, 6.45) is 6.14. The number of rotatable bonds is 0. The lowest BCUT2D eigenvalue weighted by Crippen LogP contribution is -2.26. The van der Waals surface area contributed by atoms with Crippen molar-refractivity contribution in [3.63, 3.8) is 0 Å². The quantitative estimate of drug-likeness (QED) is 0.589. The van der Waals surface area contributed by atoms with E-state index in [0.29, 0.717) is 0 Å². The number of nitrogens with one attached hydrogen (secondary N) is 1. The van der Waals surface area contributed by atoms with E-state index in [1.807, 2.05) is 13.8 Å². The van der Waals surface area contributed by atoms with Crippen LogP contribution in [0.3, 0.4) is 0 Å². The first-order chi connectivity index (χ1) is 6.38. The monoisotopic (exact) mass is 197 g/mol. The number of allylic oxidation sites excluding steroid dienone is 1. The molecule has 1 N–H and O–H groups in total. The zero-order valence-electron chi connectivity index (χ0n) is 8.69. The largest absolute Gasteiger partial charge is 0.312 e. The van der Waals surface area contributed by atoms with Gasteiger partial charge in [-0.25, -0.2) is 0 Å². The van der Waals surface area contributed by atoms with E-state index < -0.39 is 0 Å². The van der Waals surface area contributed by atoms with Crippen molar-refractivity contribution in [2.45, 2.75) is 33.1 Å². The van der Waals surface area contributed by atoms with E-state index in [2.05, 4.69) is 20.6 Å². The predicted octanol–water partition coefficient (Wildman–Crippen LogP) is 2.86. The van der Waals surface area contributed by atoms with Crippen LogP contribution in [0, 0.1) is 0 Å². The van der Waals surface area contributed by atoms with Gasteiger partial charge in [-0.3, -0.25) is 0 Å². The molecule has 0 aromatic heterocycles. The van der Waals surface area contributed by atoms with E-state index in [9.17, 15) is 0 Å². The fraction of sp³-hybridized carbons (Fsp3) is 0.636. The van der Waals surface area contributed by atoms with E-state index in [4.69, 9.17) is 0 Å². The molecule has 0 amide bonds. The summed E-state index contributed by atoms with van der Waals surface area (Å²) in [4.78, 5) is 0. The Bertz CT molecular complexity index is 228. The van der Waals surface area contributed by atoms with Crippen molar-refractivity contribution in [2.75, 3.05) is 13.1 Å². The molecule has 2 aliphatic rings. The second kappa shape index (κ2) is 5.57. The Kier molecular flexibility index (Phi) is 4.69. The molecule has 0 saturated heterocycles. The van der Waals surface area contributed by atoms with Gasteiger partial charge in [-0.05, 0) is 36.7 Å². The Morgan fingerprint density at radius 2 is 2.08 bits per heavy atom. The van der Waals surface area contributed by atoms with Crippen LogP contribution in [0.15, 0.2) is 22.5 Å². The second-order valence-electron chi connectivity index (χ2n) is 3.21. The maximum absolute atomic E-state index is 3.40. The topological polar surface area (TPSA) is 12.0 Å². The van der Waals surface area contributed by atoms with Crippen LogP contribution in [0.2, 0.25) is 0 Å². The molecule has 1 aliphatic carbocycles. The number of hydrogen-bond acceptors (Lipinski definition) is 1. The maximum Gasteiger partial charge on any atom is 0.0211 e. The summed E-state index contributed by atoms with van der Waals surface area (Å²) in [6, 6.07) is 0. The minimum atomic E-state index is 1.09. The molecule has 1 unspecified atom stereocenters. The molecular formula is C11H20NP. The summed E-state index contributed by atoms with van der Waals surface area (Å²) in [5, 5.41) is 4.83. The van der Waals surface area contributed by atoms with Gasteiger partial charge in [0.2, 0.25) is 0 Å². The summed E-state index contributed by atoms with van der Waals surface area (Å²) in [6.45, 7) is 6.27. The molecule has 0 bridgehead atoms. The summed E-state index contributed by atoms with van der Waals surface area (Å²) in [5.74, 6) is 0. The van der Waals surface area contributed by atoms with Gasteiger partial charge < -0.3 is 5.32 Å². The Labute approximate surface area is 83.9 Å². The van der Waals surface area contributed by atoms with Crippen LogP contribution >= 0.6 is 9.24 Å². The molecule has 0 aromatic carbocycles. The van der Waals surface area contributed by atoms with Crippen molar-refractivity contribution in [3.8, 4) is 0 Å². The van der Waals surface area contributed by atoms with Crippen molar-refractivity contribution in [3.05, 3.63) is 22.5 Å². The van der Waals surface area contributed by atoms with Crippen molar-refractivity contribution < 1.29 is 0 Å².